The topological polar surface area (TPSA) is 49.3 Å². The minimum absolute atomic E-state index is 0.148. The van der Waals surface area contributed by atoms with Gasteiger partial charge in [0, 0.05) is 20.3 Å². The van der Waals surface area contributed by atoms with Gasteiger partial charge in [0.2, 0.25) is 0 Å². The lowest BCUT2D eigenvalue weighted by molar-refractivity contribution is 0.0951. The van der Waals surface area contributed by atoms with Crippen LogP contribution in [0.25, 0.3) is 0 Å². The van der Waals surface area contributed by atoms with Gasteiger partial charge in [0.15, 0.2) is 0 Å². The Morgan fingerprint density at radius 3 is 2.46 bits per heavy atom. The Morgan fingerprint density at radius 2 is 1.75 bits per heavy atom. The predicted molar refractivity (Wildman–Crippen MR) is 97.4 cm³/mol. The number of amides is 1. The Balaban J connectivity index is 1.62. The minimum Gasteiger partial charge on any atom is -0.383 e. The molecule has 2 N–H and O–H groups in total. The van der Waals surface area contributed by atoms with Crippen LogP contribution in [0.4, 0.5) is 0 Å². The van der Waals surface area contributed by atoms with Crippen molar-refractivity contribution in [1.29, 1.82) is 0 Å². The Morgan fingerprint density at radius 1 is 1.04 bits per heavy atom. The van der Waals surface area contributed by atoms with Crippen molar-refractivity contribution >= 4 is 28.8 Å². The largest absolute Gasteiger partial charge is 0.383 e. The van der Waals surface area contributed by atoms with Crippen molar-refractivity contribution in [1.82, 2.24) is 5.32 Å². The molecule has 0 bridgehead atoms. The molecule has 1 atom stereocenters. The smallest absolute Gasteiger partial charge is 0.251 e. The van der Waals surface area contributed by atoms with Crippen molar-refractivity contribution in [2.75, 3.05) is 0 Å². The number of thiophene rings is 1. The molecule has 0 saturated heterocycles. The molecular formula is C19H16ClNO2S. The first-order valence-electron chi connectivity index (χ1n) is 7.49. The molecule has 24 heavy (non-hydrogen) atoms. The molecule has 0 aliphatic rings. The van der Waals surface area contributed by atoms with Gasteiger partial charge in [-0.2, -0.15) is 0 Å². The first kappa shape index (κ1) is 16.7. The van der Waals surface area contributed by atoms with Crippen molar-refractivity contribution in [3.63, 3.8) is 0 Å². The van der Waals surface area contributed by atoms with Gasteiger partial charge < -0.3 is 10.4 Å². The van der Waals surface area contributed by atoms with Gasteiger partial charge >= 0.3 is 0 Å². The molecule has 0 spiro atoms. The van der Waals surface area contributed by atoms with E-state index in [1.807, 2.05) is 42.5 Å². The fourth-order valence-corrected chi connectivity index (χ4v) is 3.40. The zero-order chi connectivity index (χ0) is 16.9. The van der Waals surface area contributed by atoms with E-state index in [-0.39, 0.29) is 5.91 Å². The van der Waals surface area contributed by atoms with Crippen molar-refractivity contribution in [3.8, 4) is 0 Å². The van der Waals surface area contributed by atoms with Gasteiger partial charge in [0.05, 0.1) is 6.54 Å². The molecule has 1 unspecified atom stereocenters. The van der Waals surface area contributed by atoms with Crippen molar-refractivity contribution < 1.29 is 9.90 Å². The zero-order valence-electron chi connectivity index (χ0n) is 12.8. The van der Waals surface area contributed by atoms with E-state index >= 15 is 0 Å². The first-order chi connectivity index (χ1) is 11.6. The third kappa shape index (κ3) is 4.03. The normalized spacial score (nSPS) is 11.9. The van der Waals surface area contributed by atoms with E-state index in [9.17, 15) is 9.90 Å². The van der Waals surface area contributed by atoms with E-state index in [4.69, 9.17) is 11.6 Å². The first-order valence-corrected chi connectivity index (χ1v) is 8.68. The van der Waals surface area contributed by atoms with Gasteiger partial charge in [-0.25, -0.2) is 0 Å². The molecule has 2 aromatic carbocycles. The van der Waals surface area contributed by atoms with Crippen LogP contribution in [0.2, 0.25) is 5.02 Å². The number of halogens is 1. The molecule has 122 valence electrons. The number of nitrogens with one attached hydrogen (secondary N) is 1. The van der Waals surface area contributed by atoms with Crippen molar-refractivity contribution in [2.45, 2.75) is 12.6 Å². The lowest BCUT2D eigenvalue weighted by atomic mass is 10.1. The molecule has 0 saturated carbocycles. The summed E-state index contributed by atoms with van der Waals surface area (Å²) in [4.78, 5) is 13.9. The number of carbonyl (C=O) groups excluding carboxylic acids is 1. The Bertz CT molecular complexity index is 815. The van der Waals surface area contributed by atoms with Crippen LogP contribution in [-0.2, 0) is 6.54 Å². The van der Waals surface area contributed by atoms with Crippen LogP contribution in [0.3, 0.4) is 0 Å². The Labute approximate surface area is 149 Å². The SMILES string of the molecule is O=C(NCc1ccc(C(O)c2ccccc2)s1)c1ccc(Cl)cc1. The predicted octanol–water partition coefficient (Wildman–Crippen LogP) is 4.41. The average molecular weight is 358 g/mol. The lowest BCUT2D eigenvalue weighted by Gasteiger charge is -2.08. The summed E-state index contributed by atoms with van der Waals surface area (Å²) in [7, 11) is 0. The van der Waals surface area contributed by atoms with Gasteiger partial charge in [-0.1, -0.05) is 41.9 Å². The third-order valence-electron chi connectivity index (χ3n) is 3.60. The molecule has 5 heteroatoms. The van der Waals surface area contributed by atoms with Crippen LogP contribution in [0.15, 0.2) is 66.7 Å². The summed E-state index contributed by atoms with van der Waals surface area (Å²) >= 11 is 7.31. The van der Waals surface area contributed by atoms with Gasteiger partial charge in [-0.3, -0.25) is 4.79 Å². The summed E-state index contributed by atoms with van der Waals surface area (Å²) in [6.07, 6.45) is -0.642. The van der Waals surface area contributed by atoms with E-state index < -0.39 is 6.10 Å². The number of aliphatic hydroxyl groups excluding tert-OH is 1. The molecule has 0 aliphatic carbocycles. The highest BCUT2D eigenvalue weighted by atomic mass is 35.5. The number of rotatable bonds is 5. The number of hydrogen-bond acceptors (Lipinski definition) is 3. The second-order valence-electron chi connectivity index (χ2n) is 5.31. The fraction of sp³-hybridized carbons (Fsp3) is 0.105. The molecule has 1 heterocycles. The number of benzene rings is 2. The molecule has 0 radical (unpaired) electrons. The van der Waals surface area contributed by atoms with Gasteiger partial charge in [-0.05, 0) is 42.0 Å². The summed E-state index contributed by atoms with van der Waals surface area (Å²) in [6, 6.07) is 20.1. The van der Waals surface area contributed by atoms with Gasteiger partial charge in [0.1, 0.15) is 6.10 Å². The molecule has 1 aromatic heterocycles. The van der Waals surface area contributed by atoms with Crippen molar-refractivity contribution in [3.05, 3.63) is 92.6 Å². The molecular weight excluding hydrogens is 342 g/mol. The molecule has 3 nitrogen and oxygen atoms in total. The highest BCUT2D eigenvalue weighted by Gasteiger charge is 2.13. The molecule has 1 amide bonds. The van der Waals surface area contributed by atoms with Crippen LogP contribution < -0.4 is 5.32 Å². The summed E-state index contributed by atoms with van der Waals surface area (Å²) in [6.45, 7) is 0.424. The zero-order valence-corrected chi connectivity index (χ0v) is 14.3. The standard InChI is InChI=1S/C19H16ClNO2S/c20-15-8-6-14(7-9-15)19(23)21-12-16-10-11-17(24-16)18(22)13-4-2-1-3-5-13/h1-11,18,22H,12H2,(H,21,23). The summed E-state index contributed by atoms with van der Waals surface area (Å²) < 4.78 is 0. The second kappa shape index (κ2) is 7.62. The van der Waals surface area contributed by atoms with Crippen LogP contribution in [-0.4, -0.2) is 11.0 Å². The molecule has 0 fully saturated rings. The molecule has 0 aliphatic heterocycles. The summed E-state index contributed by atoms with van der Waals surface area (Å²) in [5.74, 6) is -0.148. The lowest BCUT2D eigenvalue weighted by Crippen LogP contribution is -2.22. The fourth-order valence-electron chi connectivity index (χ4n) is 2.31. The second-order valence-corrected chi connectivity index (χ2v) is 6.94. The quantitative estimate of drug-likeness (QED) is 0.710. The van der Waals surface area contributed by atoms with E-state index in [2.05, 4.69) is 5.32 Å². The van der Waals surface area contributed by atoms with Gasteiger partial charge in [0.25, 0.3) is 5.91 Å². The van der Waals surface area contributed by atoms with Gasteiger partial charge in [-0.15, -0.1) is 11.3 Å². The minimum atomic E-state index is -0.642. The Kier molecular flexibility index (Phi) is 5.30. The van der Waals surface area contributed by atoms with E-state index in [1.54, 1.807) is 24.3 Å². The maximum absolute atomic E-state index is 12.1. The van der Waals surface area contributed by atoms with Crippen LogP contribution in [0, 0.1) is 0 Å². The number of hydrogen-bond donors (Lipinski definition) is 2. The monoisotopic (exact) mass is 357 g/mol. The van der Waals surface area contributed by atoms with Crippen LogP contribution >= 0.6 is 22.9 Å². The Hall–Kier alpha value is -2.14. The van der Waals surface area contributed by atoms with E-state index in [0.29, 0.717) is 17.1 Å². The van der Waals surface area contributed by atoms with Crippen LogP contribution in [0.5, 0.6) is 0 Å². The summed E-state index contributed by atoms with van der Waals surface area (Å²) in [5.41, 5.74) is 1.43. The van der Waals surface area contributed by atoms with E-state index in [1.165, 1.54) is 11.3 Å². The van der Waals surface area contributed by atoms with E-state index in [0.717, 1.165) is 15.3 Å². The number of aliphatic hydroxyl groups is 1. The van der Waals surface area contributed by atoms with Crippen LogP contribution in [0.1, 0.15) is 31.8 Å². The maximum Gasteiger partial charge on any atom is 0.251 e. The highest BCUT2D eigenvalue weighted by Crippen LogP contribution is 2.28. The third-order valence-corrected chi connectivity index (χ3v) is 4.99. The average Bonchev–Trinajstić information content (AvgIpc) is 3.09. The number of carbonyl (C=O) groups is 1. The maximum atomic E-state index is 12.1. The highest BCUT2D eigenvalue weighted by molar-refractivity contribution is 7.12. The van der Waals surface area contributed by atoms with Crippen molar-refractivity contribution in [2.24, 2.45) is 0 Å². The molecule has 3 aromatic rings. The summed E-state index contributed by atoms with van der Waals surface area (Å²) in [5, 5.41) is 13.9. The molecule has 3 rings (SSSR count).